The summed E-state index contributed by atoms with van der Waals surface area (Å²) >= 11 is 5.90. The fraction of sp³-hybridized carbons (Fsp3) is 0.200. The lowest BCUT2D eigenvalue weighted by Crippen LogP contribution is -2.30. The Kier molecular flexibility index (Phi) is 6.48. The number of aromatic hydroxyl groups is 1. The summed E-state index contributed by atoms with van der Waals surface area (Å²) in [6.45, 7) is 4.52. The van der Waals surface area contributed by atoms with E-state index in [9.17, 15) is 9.90 Å². The van der Waals surface area contributed by atoms with Crippen molar-refractivity contribution in [3.05, 3.63) is 71.3 Å². The van der Waals surface area contributed by atoms with E-state index in [1.54, 1.807) is 11.0 Å². The van der Waals surface area contributed by atoms with Gasteiger partial charge in [0.15, 0.2) is 5.17 Å². The van der Waals surface area contributed by atoms with E-state index >= 15 is 0 Å². The number of fused-ring (bicyclic) bond motifs is 1. The Morgan fingerprint density at radius 2 is 1.84 bits per heavy atom. The van der Waals surface area contributed by atoms with Gasteiger partial charge in [-0.2, -0.15) is 0 Å². The van der Waals surface area contributed by atoms with E-state index in [4.69, 9.17) is 4.99 Å². The molecule has 1 amide bonds. The van der Waals surface area contributed by atoms with E-state index in [1.807, 2.05) is 80.4 Å². The fourth-order valence-electron chi connectivity index (χ4n) is 3.67. The number of anilines is 1. The number of hydrogen-bond acceptors (Lipinski definition) is 6. The highest BCUT2D eigenvalue weighted by atomic mass is 32.2. The maximum atomic E-state index is 13.4. The molecule has 4 rings (SSSR count). The van der Waals surface area contributed by atoms with Gasteiger partial charge in [0.05, 0.1) is 10.6 Å². The average molecular weight is 464 g/mol. The number of rotatable bonds is 5. The van der Waals surface area contributed by atoms with Crippen molar-refractivity contribution >= 4 is 57.6 Å². The van der Waals surface area contributed by atoms with Gasteiger partial charge in [-0.3, -0.25) is 9.69 Å². The summed E-state index contributed by atoms with van der Waals surface area (Å²) in [5, 5.41) is 13.0. The summed E-state index contributed by atoms with van der Waals surface area (Å²) in [5.41, 5.74) is 2.23. The second-order valence-electron chi connectivity index (χ2n) is 7.57. The van der Waals surface area contributed by atoms with Gasteiger partial charge in [0.2, 0.25) is 0 Å². The van der Waals surface area contributed by atoms with Crippen molar-refractivity contribution in [3.63, 3.8) is 0 Å². The zero-order chi connectivity index (χ0) is 22.8. The minimum atomic E-state index is -0.0729. The molecule has 32 heavy (non-hydrogen) atoms. The van der Waals surface area contributed by atoms with Crippen LogP contribution in [-0.2, 0) is 4.79 Å². The van der Waals surface area contributed by atoms with Crippen LogP contribution in [0.1, 0.15) is 20.3 Å². The smallest absolute Gasteiger partial charge is 0.268 e. The van der Waals surface area contributed by atoms with Gasteiger partial charge in [-0.25, -0.2) is 4.99 Å². The Bertz CT molecular complexity index is 1250. The molecular weight excluding hydrogens is 438 g/mol. The molecule has 1 aliphatic rings. The number of nitrogens with zero attached hydrogens (tertiary/aromatic N) is 3. The lowest BCUT2D eigenvalue weighted by atomic mass is 10.1. The first-order chi connectivity index (χ1) is 15.4. The van der Waals surface area contributed by atoms with Gasteiger partial charge in [0.25, 0.3) is 5.91 Å². The molecule has 0 aromatic heterocycles. The van der Waals surface area contributed by atoms with Crippen molar-refractivity contribution in [1.82, 2.24) is 4.90 Å². The van der Waals surface area contributed by atoms with Crippen LogP contribution < -0.4 is 4.90 Å². The number of amides is 1. The number of para-hydroxylation sites is 1. The van der Waals surface area contributed by atoms with Crippen LogP contribution in [0.25, 0.3) is 10.8 Å². The fourth-order valence-corrected chi connectivity index (χ4v) is 5.07. The standard InChI is InChI=1S/C25H25N3O2S2/c1-4-15-28-24(30)23(16(2)27(3)19-11-7-8-12-21(19)31)32-25(28)26-22-18-10-6-5-9-17(18)13-14-20(22)29/h5-14,29,31H,4,15H2,1-3H3/b23-16+,26-25?. The van der Waals surface area contributed by atoms with Crippen LogP contribution in [-0.4, -0.2) is 34.7 Å². The van der Waals surface area contributed by atoms with Crippen LogP contribution in [0.4, 0.5) is 11.4 Å². The molecule has 1 N–H and O–H groups in total. The van der Waals surface area contributed by atoms with Crippen molar-refractivity contribution in [2.75, 3.05) is 18.5 Å². The number of amidine groups is 1. The van der Waals surface area contributed by atoms with Crippen molar-refractivity contribution < 1.29 is 9.90 Å². The van der Waals surface area contributed by atoms with Crippen LogP contribution in [0, 0.1) is 0 Å². The first kappa shape index (κ1) is 22.3. The SMILES string of the molecule is CCCN1C(=O)/C(=C(/C)N(C)c2ccccc2S)SC1=Nc1c(O)ccc2ccccc12. The first-order valence-electron chi connectivity index (χ1n) is 10.4. The molecule has 0 spiro atoms. The van der Waals surface area contributed by atoms with Gasteiger partial charge in [0, 0.05) is 29.6 Å². The number of phenols is 1. The van der Waals surface area contributed by atoms with Gasteiger partial charge in [-0.05, 0) is 48.7 Å². The van der Waals surface area contributed by atoms with Gasteiger partial charge in [-0.1, -0.05) is 49.4 Å². The van der Waals surface area contributed by atoms with Crippen LogP contribution in [0.2, 0.25) is 0 Å². The normalized spacial score (nSPS) is 16.8. The maximum absolute atomic E-state index is 13.4. The second kappa shape index (κ2) is 9.30. The molecule has 0 atom stereocenters. The molecule has 0 aliphatic carbocycles. The van der Waals surface area contributed by atoms with E-state index in [-0.39, 0.29) is 11.7 Å². The topological polar surface area (TPSA) is 56.1 Å². The molecule has 3 aromatic carbocycles. The van der Waals surface area contributed by atoms with Gasteiger partial charge in [-0.15, -0.1) is 12.6 Å². The number of thioether (sulfide) groups is 1. The first-order valence-corrected chi connectivity index (χ1v) is 11.7. The summed E-state index contributed by atoms with van der Waals surface area (Å²) in [4.78, 5) is 23.3. The Morgan fingerprint density at radius 3 is 2.59 bits per heavy atom. The van der Waals surface area contributed by atoms with E-state index in [1.165, 1.54) is 11.8 Å². The molecule has 0 bridgehead atoms. The second-order valence-corrected chi connectivity index (χ2v) is 9.03. The van der Waals surface area contributed by atoms with E-state index in [0.717, 1.165) is 33.5 Å². The van der Waals surface area contributed by atoms with E-state index in [0.29, 0.717) is 22.3 Å². The van der Waals surface area contributed by atoms with E-state index in [2.05, 4.69) is 12.6 Å². The lowest BCUT2D eigenvalue weighted by molar-refractivity contribution is -0.122. The molecule has 164 valence electrons. The summed E-state index contributed by atoms with van der Waals surface area (Å²) < 4.78 is 0. The molecule has 0 unspecified atom stereocenters. The molecular formula is C25H25N3O2S2. The molecule has 1 heterocycles. The number of aliphatic imine (C=N–C) groups is 1. The predicted molar refractivity (Wildman–Crippen MR) is 137 cm³/mol. The highest BCUT2D eigenvalue weighted by molar-refractivity contribution is 8.18. The molecule has 1 fully saturated rings. The monoisotopic (exact) mass is 463 g/mol. The summed E-state index contributed by atoms with van der Waals surface area (Å²) in [6, 6.07) is 19.1. The third kappa shape index (κ3) is 4.10. The largest absolute Gasteiger partial charge is 0.506 e. The van der Waals surface area contributed by atoms with Crippen LogP contribution in [0.3, 0.4) is 0 Å². The Balaban J connectivity index is 1.80. The molecule has 7 heteroatoms. The van der Waals surface area contributed by atoms with Crippen LogP contribution in [0.15, 0.2) is 81.2 Å². The third-order valence-corrected chi connectivity index (χ3v) is 7.02. The Morgan fingerprint density at radius 1 is 1.12 bits per heavy atom. The van der Waals surface area contributed by atoms with Gasteiger partial charge in [0.1, 0.15) is 11.4 Å². The molecule has 5 nitrogen and oxygen atoms in total. The van der Waals surface area contributed by atoms with Crippen molar-refractivity contribution in [2.24, 2.45) is 4.99 Å². The quantitative estimate of drug-likeness (QED) is 0.351. The summed E-state index contributed by atoms with van der Waals surface area (Å²) in [6.07, 6.45) is 0.800. The van der Waals surface area contributed by atoms with Crippen molar-refractivity contribution in [1.29, 1.82) is 0 Å². The number of phenolic OH excluding ortho intramolecular Hbond substituents is 1. The number of allylic oxidation sites excluding steroid dienone is 1. The molecule has 1 saturated heterocycles. The summed E-state index contributed by atoms with van der Waals surface area (Å²) in [5.74, 6) is 0.0206. The predicted octanol–water partition coefficient (Wildman–Crippen LogP) is 6.17. The maximum Gasteiger partial charge on any atom is 0.268 e. The third-order valence-electron chi connectivity index (χ3n) is 5.47. The number of hydrogen-bond donors (Lipinski definition) is 2. The van der Waals surface area contributed by atoms with Crippen molar-refractivity contribution in [2.45, 2.75) is 25.2 Å². The molecule has 0 saturated carbocycles. The zero-order valence-corrected chi connectivity index (χ0v) is 20.0. The lowest BCUT2D eigenvalue weighted by Gasteiger charge is -2.22. The summed E-state index contributed by atoms with van der Waals surface area (Å²) in [7, 11) is 1.93. The molecule has 3 aromatic rings. The number of thiol groups is 1. The minimum Gasteiger partial charge on any atom is -0.506 e. The van der Waals surface area contributed by atoms with Crippen molar-refractivity contribution in [3.8, 4) is 5.75 Å². The van der Waals surface area contributed by atoms with Crippen LogP contribution >= 0.6 is 24.4 Å². The van der Waals surface area contributed by atoms with Gasteiger partial charge < -0.3 is 10.0 Å². The molecule has 1 aliphatic heterocycles. The number of benzene rings is 3. The van der Waals surface area contributed by atoms with E-state index < -0.39 is 0 Å². The van der Waals surface area contributed by atoms with Gasteiger partial charge >= 0.3 is 0 Å². The minimum absolute atomic E-state index is 0.0729. The number of carbonyl (C=O) groups excluding carboxylic acids is 1. The highest BCUT2D eigenvalue weighted by Gasteiger charge is 2.35. The Labute approximate surface area is 197 Å². The zero-order valence-electron chi connectivity index (χ0n) is 18.2. The molecule has 0 radical (unpaired) electrons. The number of carbonyl (C=O) groups is 1. The highest BCUT2D eigenvalue weighted by Crippen LogP contribution is 2.41. The Hall–Kier alpha value is -2.90. The average Bonchev–Trinajstić information content (AvgIpc) is 3.10. The van der Waals surface area contributed by atoms with Crippen LogP contribution in [0.5, 0.6) is 5.75 Å².